The van der Waals surface area contributed by atoms with Crippen molar-refractivity contribution in [2.75, 3.05) is 6.54 Å². The van der Waals surface area contributed by atoms with Gasteiger partial charge in [-0.3, -0.25) is 9.78 Å². The smallest absolute Gasteiger partial charge is 0.248 e. The second kappa shape index (κ2) is 5.64. The van der Waals surface area contributed by atoms with E-state index in [2.05, 4.69) is 20.3 Å². The van der Waals surface area contributed by atoms with E-state index in [0.717, 1.165) is 12.8 Å². The Kier molecular flexibility index (Phi) is 3.96. The molecule has 0 saturated carbocycles. The Labute approximate surface area is 133 Å². The molecule has 10 heteroatoms. The quantitative estimate of drug-likeness (QED) is 0.908. The minimum absolute atomic E-state index is 0.0723. The van der Waals surface area contributed by atoms with Crippen LogP contribution in [0.2, 0.25) is 5.15 Å². The van der Waals surface area contributed by atoms with Crippen LogP contribution in [0.25, 0.3) is 0 Å². The topological polar surface area (TPSA) is 96.8 Å². The number of aromatic amines is 1. The van der Waals surface area contributed by atoms with Crippen LogP contribution < -0.4 is 0 Å². The van der Waals surface area contributed by atoms with Crippen LogP contribution in [-0.2, 0) is 17.1 Å². The van der Waals surface area contributed by atoms with Crippen molar-refractivity contribution in [2.45, 2.75) is 37.1 Å². The van der Waals surface area contributed by atoms with Gasteiger partial charge in [-0.1, -0.05) is 18.0 Å². The number of halogens is 1. The van der Waals surface area contributed by atoms with Crippen molar-refractivity contribution in [3.8, 4) is 0 Å². The Balaban J connectivity index is 2.06. The molecule has 1 fully saturated rings. The Morgan fingerprint density at radius 1 is 1.41 bits per heavy atom. The predicted molar refractivity (Wildman–Crippen MR) is 79.8 cm³/mol. The molecule has 8 nitrogen and oxygen atoms in total. The van der Waals surface area contributed by atoms with E-state index in [0.29, 0.717) is 24.5 Å². The van der Waals surface area contributed by atoms with Crippen molar-refractivity contribution in [3.63, 3.8) is 0 Å². The number of H-pyrrole nitrogens is 1. The van der Waals surface area contributed by atoms with E-state index in [-0.39, 0.29) is 16.1 Å². The van der Waals surface area contributed by atoms with E-state index in [1.54, 1.807) is 14.0 Å². The molecule has 0 amide bonds. The number of sulfonamides is 1. The number of aromatic nitrogens is 5. The van der Waals surface area contributed by atoms with Crippen molar-refractivity contribution in [1.29, 1.82) is 0 Å². The molecule has 1 atom stereocenters. The summed E-state index contributed by atoms with van der Waals surface area (Å²) in [5, 5.41) is 10.8. The van der Waals surface area contributed by atoms with Gasteiger partial charge in [0, 0.05) is 13.6 Å². The fraction of sp³-hybridized carbons (Fsp3) is 0.583. The van der Waals surface area contributed by atoms with Crippen LogP contribution in [0.15, 0.2) is 11.2 Å². The predicted octanol–water partition coefficient (Wildman–Crippen LogP) is 1.42. The van der Waals surface area contributed by atoms with Gasteiger partial charge in [0.15, 0.2) is 0 Å². The third kappa shape index (κ3) is 2.42. The number of nitrogens with zero attached hydrogens (tertiary/aromatic N) is 5. The molecule has 0 radical (unpaired) electrons. The molecule has 22 heavy (non-hydrogen) atoms. The molecule has 1 N–H and O–H groups in total. The van der Waals surface area contributed by atoms with Gasteiger partial charge in [-0.15, -0.1) is 0 Å². The highest BCUT2D eigenvalue weighted by Crippen LogP contribution is 2.36. The fourth-order valence-corrected chi connectivity index (χ4v) is 5.23. The van der Waals surface area contributed by atoms with Gasteiger partial charge in [0.25, 0.3) is 0 Å². The van der Waals surface area contributed by atoms with Crippen molar-refractivity contribution < 1.29 is 8.42 Å². The van der Waals surface area contributed by atoms with Crippen LogP contribution in [0, 0.1) is 6.92 Å². The number of aryl methyl sites for hydroxylation is 2. The molecule has 0 aromatic carbocycles. The summed E-state index contributed by atoms with van der Waals surface area (Å²) in [7, 11) is -2.12. The monoisotopic (exact) mass is 344 g/mol. The van der Waals surface area contributed by atoms with E-state index in [1.807, 2.05) is 0 Å². The van der Waals surface area contributed by atoms with Crippen LogP contribution in [0.4, 0.5) is 0 Å². The Morgan fingerprint density at radius 3 is 2.77 bits per heavy atom. The molecule has 0 bridgehead atoms. The summed E-state index contributed by atoms with van der Waals surface area (Å²) in [6, 6.07) is -0.350. The first kappa shape index (κ1) is 15.4. The zero-order valence-electron chi connectivity index (χ0n) is 12.3. The lowest BCUT2D eigenvalue weighted by Crippen LogP contribution is -2.39. The highest BCUT2D eigenvalue weighted by Gasteiger charge is 2.39. The lowest BCUT2D eigenvalue weighted by molar-refractivity contribution is 0.247. The first-order valence-electron chi connectivity index (χ1n) is 6.99. The van der Waals surface area contributed by atoms with Gasteiger partial charge >= 0.3 is 0 Å². The van der Waals surface area contributed by atoms with E-state index in [9.17, 15) is 8.42 Å². The molecule has 1 aliphatic rings. The van der Waals surface area contributed by atoms with Crippen molar-refractivity contribution in [2.24, 2.45) is 7.05 Å². The molecule has 1 saturated heterocycles. The first-order chi connectivity index (χ1) is 10.4. The average molecular weight is 345 g/mol. The van der Waals surface area contributed by atoms with E-state index in [4.69, 9.17) is 11.6 Å². The highest BCUT2D eigenvalue weighted by molar-refractivity contribution is 7.89. The standard InChI is InChI=1S/C12H17ClN6O2S/c1-8-10(11(13)18(2)17-8)22(20,21)19-6-4-3-5-9(19)12-14-7-15-16-12/h7,9H,3-6H2,1-2H3,(H,14,15,16)/t9-/m0/s1. The molecule has 0 aliphatic carbocycles. The van der Waals surface area contributed by atoms with Crippen LogP contribution in [0.5, 0.6) is 0 Å². The summed E-state index contributed by atoms with van der Waals surface area (Å²) in [4.78, 5) is 4.19. The van der Waals surface area contributed by atoms with Gasteiger partial charge in [0.05, 0.1) is 11.7 Å². The zero-order chi connectivity index (χ0) is 15.9. The summed E-state index contributed by atoms with van der Waals surface area (Å²) in [6.07, 6.45) is 3.83. The number of rotatable bonds is 3. The fourth-order valence-electron chi connectivity index (χ4n) is 2.86. The van der Waals surface area contributed by atoms with Crippen molar-refractivity contribution in [3.05, 3.63) is 23.0 Å². The Bertz CT molecular complexity index is 770. The molecule has 120 valence electrons. The summed E-state index contributed by atoms with van der Waals surface area (Å²) in [5.41, 5.74) is 0.398. The summed E-state index contributed by atoms with van der Waals surface area (Å²) >= 11 is 6.15. The number of nitrogens with one attached hydrogen (secondary N) is 1. The van der Waals surface area contributed by atoms with Crippen LogP contribution >= 0.6 is 11.6 Å². The van der Waals surface area contributed by atoms with Crippen LogP contribution in [0.1, 0.15) is 36.8 Å². The maximum absolute atomic E-state index is 13.1. The molecule has 2 aromatic rings. The molecular weight excluding hydrogens is 328 g/mol. The third-order valence-corrected chi connectivity index (χ3v) is 6.47. The molecule has 1 aliphatic heterocycles. The second-order valence-corrected chi connectivity index (χ2v) is 7.51. The minimum atomic E-state index is -3.75. The number of piperidine rings is 1. The largest absolute Gasteiger partial charge is 0.262 e. The van der Waals surface area contributed by atoms with Gasteiger partial charge in [-0.2, -0.15) is 14.5 Å². The van der Waals surface area contributed by atoms with Gasteiger partial charge in [0.2, 0.25) is 10.0 Å². The third-order valence-electron chi connectivity index (χ3n) is 3.87. The van der Waals surface area contributed by atoms with Gasteiger partial charge < -0.3 is 0 Å². The van der Waals surface area contributed by atoms with Crippen LogP contribution in [-0.4, -0.2) is 44.2 Å². The highest BCUT2D eigenvalue weighted by atomic mass is 35.5. The zero-order valence-corrected chi connectivity index (χ0v) is 13.9. The maximum atomic E-state index is 13.1. The minimum Gasteiger partial charge on any atom is -0.262 e. The van der Waals surface area contributed by atoms with Crippen molar-refractivity contribution in [1.82, 2.24) is 29.3 Å². The average Bonchev–Trinajstić information content (AvgIpc) is 3.08. The normalized spacial score (nSPS) is 20.4. The second-order valence-electron chi connectivity index (χ2n) is 5.33. The maximum Gasteiger partial charge on any atom is 0.248 e. The molecule has 3 rings (SSSR count). The summed E-state index contributed by atoms with van der Waals surface area (Å²) in [5.74, 6) is 0.556. The van der Waals surface area contributed by atoms with Crippen LogP contribution in [0.3, 0.4) is 0 Å². The SMILES string of the molecule is Cc1nn(C)c(Cl)c1S(=O)(=O)N1CCCC[C@H]1c1ncn[nH]1. The molecule has 0 unspecified atom stereocenters. The lowest BCUT2D eigenvalue weighted by Gasteiger charge is -2.33. The lowest BCUT2D eigenvalue weighted by atomic mass is 10.0. The van der Waals surface area contributed by atoms with E-state index in [1.165, 1.54) is 15.3 Å². The molecular formula is C12H17ClN6O2S. The van der Waals surface area contributed by atoms with Gasteiger partial charge in [-0.25, -0.2) is 13.4 Å². The molecule has 2 aromatic heterocycles. The molecule has 0 spiro atoms. The Morgan fingerprint density at radius 2 is 2.18 bits per heavy atom. The summed E-state index contributed by atoms with van der Waals surface area (Å²) < 4.78 is 29.0. The molecule has 3 heterocycles. The number of hydrogen-bond donors (Lipinski definition) is 1. The van der Waals surface area contributed by atoms with E-state index >= 15 is 0 Å². The Hall–Kier alpha value is -1.45. The first-order valence-corrected chi connectivity index (χ1v) is 8.81. The number of hydrogen-bond acceptors (Lipinski definition) is 5. The van der Waals surface area contributed by atoms with E-state index < -0.39 is 10.0 Å². The van der Waals surface area contributed by atoms with Gasteiger partial charge in [0.1, 0.15) is 22.2 Å². The van der Waals surface area contributed by atoms with Gasteiger partial charge in [-0.05, 0) is 19.8 Å². The summed E-state index contributed by atoms with van der Waals surface area (Å²) in [6.45, 7) is 2.07. The van der Waals surface area contributed by atoms with Crippen molar-refractivity contribution >= 4 is 21.6 Å².